The van der Waals surface area contributed by atoms with Crippen molar-refractivity contribution in [2.45, 2.75) is 6.42 Å². The van der Waals surface area contributed by atoms with Gasteiger partial charge in [0.2, 0.25) is 0 Å². The van der Waals surface area contributed by atoms with Crippen molar-refractivity contribution in [1.82, 2.24) is 14.9 Å². The number of hydrogen-bond donors (Lipinski definition) is 0. The molecule has 22 heavy (non-hydrogen) atoms. The van der Waals surface area contributed by atoms with Crippen LogP contribution in [-0.2, 0) is 0 Å². The van der Waals surface area contributed by atoms with Crippen LogP contribution in [0.1, 0.15) is 16.8 Å². The largest absolute Gasteiger partial charge is 0.355 e. The van der Waals surface area contributed by atoms with E-state index in [1.807, 2.05) is 17.0 Å². The van der Waals surface area contributed by atoms with Crippen LogP contribution in [0, 0.1) is 0 Å². The van der Waals surface area contributed by atoms with Gasteiger partial charge in [0.15, 0.2) is 0 Å². The van der Waals surface area contributed by atoms with Gasteiger partial charge in [-0.3, -0.25) is 9.78 Å². The fourth-order valence-corrected chi connectivity index (χ4v) is 2.82. The van der Waals surface area contributed by atoms with E-state index < -0.39 is 0 Å². The molecule has 114 valence electrons. The minimum atomic E-state index is 0.0769. The van der Waals surface area contributed by atoms with Crippen LogP contribution in [0.25, 0.3) is 0 Å². The van der Waals surface area contributed by atoms with Gasteiger partial charge >= 0.3 is 0 Å². The lowest BCUT2D eigenvalue weighted by molar-refractivity contribution is 0.0767. The highest BCUT2D eigenvalue weighted by atomic mass is 79.9. The smallest absolute Gasteiger partial charge is 0.254 e. The maximum atomic E-state index is 12.5. The fraction of sp³-hybridized carbons (Fsp3) is 0.312. The van der Waals surface area contributed by atoms with E-state index in [9.17, 15) is 4.79 Å². The Morgan fingerprint density at radius 2 is 1.86 bits per heavy atom. The van der Waals surface area contributed by atoms with E-state index in [-0.39, 0.29) is 5.91 Å². The highest BCUT2D eigenvalue weighted by Gasteiger charge is 2.20. The minimum absolute atomic E-state index is 0.0769. The normalized spacial score (nSPS) is 15.5. The second-order valence-electron chi connectivity index (χ2n) is 5.20. The topological polar surface area (TPSA) is 49.3 Å². The van der Waals surface area contributed by atoms with Gasteiger partial charge in [-0.15, -0.1) is 0 Å². The molecule has 2 aromatic heterocycles. The zero-order chi connectivity index (χ0) is 15.4. The average molecular weight is 361 g/mol. The van der Waals surface area contributed by atoms with Crippen molar-refractivity contribution in [3.63, 3.8) is 0 Å². The second kappa shape index (κ2) is 6.87. The molecule has 3 rings (SSSR count). The number of halogens is 1. The number of hydrogen-bond acceptors (Lipinski definition) is 4. The lowest BCUT2D eigenvalue weighted by atomic mass is 10.2. The van der Waals surface area contributed by atoms with Crippen molar-refractivity contribution >= 4 is 27.7 Å². The van der Waals surface area contributed by atoms with E-state index in [2.05, 4.69) is 30.8 Å². The van der Waals surface area contributed by atoms with Gasteiger partial charge in [0, 0.05) is 54.8 Å². The Hall–Kier alpha value is -1.95. The quantitative estimate of drug-likeness (QED) is 0.825. The van der Waals surface area contributed by atoms with Crippen LogP contribution in [0.4, 0.5) is 5.82 Å². The van der Waals surface area contributed by atoms with Crippen LogP contribution < -0.4 is 4.90 Å². The Kier molecular flexibility index (Phi) is 4.68. The van der Waals surface area contributed by atoms with Gasteiger partial charge < -0.3 is 9.80 Å². The van der Waals surface area contributed by atoms with Gasteiger partial charge in [0.25, 0.3) is 5.91 Å². The Bertz CT molecular complexity index is 632. The summed E-state index contributed by atoms with van der Waals surface area (Å²) in [6.45, 7) is 3.19. The molecule has 0 N–H and O–H groups in total. The molecular weight excluding hydrogens is 344 g/mol. The third kappa shape index (κ3) is 3.44. The molecule has 3 heterocycles. The van der Waals surface area contributed by atoms with Crippen molar-refractivity contribution in [3.8, 4) is 0 Å². The highest BCUT2D eigenvalue weighted by Crippen LogP contribution is 2.17. The number of pyridine rings is 2. The summed E-state index contributed by atoms with van der Waals surface area (Å²) in [6, 6.07) is 7.53. The van der Waals surface area contributed by atoms with E-state index in [0.717, 1.165) is 36.3 Å². The molecule has 0 bridgehead atoms. The Morgan fingerprint density at radius 3 is 2.59 bits per heavy atom. The summed E-state index contributed by atoms with van der Waals surface area (Å²) in [7, 11) is 0. The first-order valence-corrected chi connectivity index (χ1v) is 8.09. The Labute approximate surface area is 138 Å². The van der Waals surface area contributed by atoms with Gasteiger partial charge in [-0.2, -0.15) is 0 Å². The monoisotopic (exact) mass is 360 g/mol. The van der Waals surface area contributed by atoms with Crippen LogP contribution in [-0.4, -0.2) is 47.0 Å². The summed E-state index contributed by atoms with van der Waals surface area (Å²) in [4.78, 5) is 25.0. The molecule has 1 saturated heterocycles. The summed E-state index contributed by atoms with van der Waals surface area (Å²) < 4.78 is 0.973. The van der Waals surface area contributed by atoms with Crippen molar-refractivity contribution in [1.29, 1.82) is 0 Å². The molecule has 5 nitrogen and oxygen atoms in total. The first kappa shape index (κ1) is 15.0. The molecule has 2 aromatic rings. The molecule has 0 atom stereocenters. The van der Waals surface area contributed by atoms with E-state index >= 15 is 0 Å². The zero-order valence-corrected chi connectivity index (χ0v) is 13.7. The maximum Gasteiger partial charge on any atom is 0.254 e. The van der Waals surface area contributed by atoms with Crippen LogP contribution in [0.3, 0.4) is 0 Å². The Balaban J connectivity index is 1.67. The number of carbonyl (C=O) groups is 1. The fourth-order valence-electron chi connectivity index (χ4n) is 2.58. The van der Waals surface area contributed by atoms with Crippen LogP contribution in [0.15, 0.2) is 47.3 Å². The van der Waals surface area contributed by atoms with Gasteiger partial charge in [-0.25, -0.2) is 4.98 Å². The molecule has 0 aliphatic carbocycles. The summed E-state index contributed by atoms with van der Waals surface area (Å²) in [6.07, 6.45) is 6.06. The van der Waals surface area contributed by atoms with Gasteiger partial charge in [-0.05, 0) is 46.6 Å². The molecule has 6 heteroatoms. The van der Waals surface area contributed by atoms with Crippen LogP contribution >= 0.6 is 15.9 Å². The SMILES string of the molecule is O=C(c1ccncc1)N1CCCN(c2ccc(Br)cn2)CC1. The number of rotatable bonds is 2. The van der Waals surface area contributed by atoms with Crippen molar-refractivity contribution in [2.75, 3.05) is 31.1 Å². The maximum absolute atomic E-state index is 12.5. The number of amides is 1. The first-order valence-electron chi connectivity index (χ1n) is 7.30. The molecule has 0 spiro atoms. The lowest BCUT2D eigenvalue weighted by Crippen LogP contribution is -2.35. The van der Waals surface area contributed by atoms with Gasteiger partial charge in [0.1, 0.15) is 5.82 Å². The van der Waals surface area contributed by atoms with E-state index in [4.69, 9.17) is 0 Å². The average Bonchev–Trinajstić information content (AvgIpc) is 2.82. The van der Waals surface area contributed by atoms with E-state index in [1.165, 1.54) is 0 Å². The Morgan fingerprint density at radius 1 is 1.05 bits per heavy atom. The summed E-state index contributed by atoms with van der Waals surface area (Å²) >= 11 is 3.40. The van der Waals surface area contributed by atoms with Crippen LogP contribution in [0.2, 0.25) is 0 Å². The molecule has 0 aromatic carbocycles. The lowest BCUT2D eigenvalue weighted by Gasteiger charge is -2.23. The number of aromatic nitrogens is 2. The standard InChI is InChI=1S/C16H17BrN4O/c17-14-2-3-15(19-12-14)20-8-1-9-21(11-10-20)16(22)13-4-6-18-7-5-13/h2-7,12H,1,8-11H2. The summed E-state index contributed by atoms with van der Waals surface area (Å²) in [5.74, 6) is 1.04. The van der Waals surface area contributed by atoms with Gasteiger partial charge in [-0.1, -0.05) is 0 Å². The van der Waals surface area contributed by atoms with Crippen molar-refractivity contribution in [2.24, 2.45) is 0 Å². The summed E-state index contributed by atoms with van der Waals surface area (Å²) in [5, 5.41) is 0. The summed E-state index contributed by atoms with van der Waals surface area (Å²) in [5.41, 5.74) is 0.699. The predicted molar refractivity (Wildman–Crippen MR) is 88.9 cm³/mol. The first-order chi connectivity index (χ1) is 10.7. The minimum Gasteiger partial charge on any atom is -0.355 e. The van der Waals surface area contributed by atoms with Gasteiger partial charge in [0.05, 0.1) is 0 Å². The van der Waals surface area contributed by atoms with Crippen LogP contribution in [0.5, 0.6) is 0 Å². The van der Waals surface area contributed by atoms with E-state index in [1.54, 1.807) is 30.7 Å². The number of nitrogens with zero attached hydrogens (tertiary/aromatic N) is 4. The molecule has 1 amide bonds. The molecule has 1 aliphatic rings. The molecule has 0 radical (unpaired) electrons. The molecule has 0 saturated carbocycles. The number of carbonyl (C=O) groups excluding carboxylic acids is 1. The number of anilines is 1. The predicted octanol–water partition coefficient (Wildman–Crippen LogP) is 2.59. The highest BCUT2D eigenvalue weighted by molar-refractivity contribution is 9.10. The second-order valence-corrected chi connectivity index (χ2v) is 6.12. The third-order valence-corrected chi connectivity index (χ3v) is 4.22. The molecule has 1 aliphatic heterocycles. The van der Waals surface area contributed by atoms with Crippen molar-refractivity contribution < 1.29 is 4.79 Å². The molecule has 1 fully saturated rings. The van der Waals surface area contributed by atoms with E-state index in [0.29, 0.717) is 12.1 Å². The molecule has 0 unspecified atom stereocenters. The molecular formula is C16H17BrN4O. The van der Waals surface area contributed by atoms with Crippen molar-refractivity contribution in [3.05, 3.63) is 52.9 Å². The third-order valence-electron chi connectivity index (χ3n) is 3.75. The zero-order valence-electron chi connectivity index (χ0n) is 12.2.